The van der Waals surface area contributed by atoms with Crippen molar-refractivity contribution in [2.45, 2.75) is 19.1 Å². The molecular weight excluding hydrogens is 289 g/mol. The number of amides is 1. The number of carbonyl (C=O) groups is 1. The number of carbonyl (C=O) groups excluding carboxylic acids is 1. The zero-order valence-corrected chi connectivity index (χ0v) is 12.3. The van der Waals surface area contributed by atoms with Crippen LogP contribution in [0.5, 0.6) is 0 Å². The Morgan fingerprint density at radius 2 is 2.05 bits per heavy atom. The molecule has 0 fully saturated rings. The average molecular weight is 306 g/mol. The van der Waals surface area contributed by atoms with E-state index in [-0.39, 0.29) is 11.6 Å². The molecular formula is C13H17F3N2OS. The van der Waals surface area contributed by atoms with E-state index < -0.39 is 17.6 Å². The highest BCUT2D eigenvalue weighted by atomic mass is 32.2. The minimum Gasteiger partial charge on any atom is -0.387 e. The maximum Gasteiger partial charge on any atom is 0.416 e. The van der Waals surface area contributed by atoms with Gasteiger partial charge < -0.3 is 10.6 Å². The van der Waals surface area contributed by atoms with Crippen LogP contribution >= 0.6 is 11.8 Å². The summed E-state index contributed by atoms with van der Waals surface area (Å²) in [6.07, 6.45) is -2.57. The van der Waals surface area contributed by atoms with E-state index >= 15 is 0 Å². The summed E-state index contributed by atoms with van der Waals surface area (Å²) in [5.41, 5.74) is -0.471. The fourth-order valence-electron chi connectivity index (χ4n) is 1.72. The summed E-state index contributed by atoms with van der Waals surface area (Å²) >= 11 is 1.55. The number of alkyl halides is 3. The van der Waals surface area contributed by atoms with Crippen LogP contribution in [-0.2, 0) is 6.18 Å². The molecule has 112 valence electrons. The van der Waals surface area contributed by atoms with Gasteiger partial charge in [-0.3, -0.25) is 4.79 Å². The molecule has 0 aliphatic carbocycles. The van der Waals surface area contributed by atoms with Crippen LogP contribution in [0.1, 0.15) is 22.8 Å². The SMILES string of the molecule is CNc1ccc(C(F)(F)F)cc1C(=O)NC(C)CSC. The minimum atomic E-state index is -4.47. The molecule has 0 aliphatic rings. The molecule has 0 radical (unpaired) electrons. The molecule has 1 unspecified atom stereocenters. The molecule has 0 aliphatic heterocycles. The molecule has 1 aromatic rings. The monoisotopic (exact) mass is 306 g/mol. The summed E-state index contributed by atoms with van der Waals surface area (Å²) in [6.45, 7) is 1.81. The molecule has 20 heavy (non-hydrogen) atoms. The van der Waals surface area contributed by atoms with Crippen molar-refractivity contribution in [2.24, 2.45) is 0 Å². The van der Waals surface area contributed by atoms with Gasteiger partial charge in [0.05, 0.1) is 11.1 Å². The zero-order chi connectivity index (χ0) is 15.3. The van der Waals surface area contributed by atoms with Crippen molar-refractivity contribution < 1.29 is 18.0 Å². The van der Waals surface area contributed by atoms with Gasteiger partial charge in [-0.1, -0.05) is 0 Å². The second-order valence-electron chi connectivity index (χ2n) is 4.34. The highest BCUT2D eigenvalue weighted by Gasteiger charge is 2.31. The van der Waals surface area contributed by atoms with E-state index in [1.165, 1.54) is 6.07 Å². The fourth-order valence-corrected chi connectivity index (χ4v) is 2.30. The van der Waals surface area contributed by atoms with Crippen molar-refractivity contribution in [1.29, 1.82) is 0 Å². The van der Waals surface area contributed by atoms with Crippen LogP contribution in [0.25, 0.3) is 0 Å². The maximum absolute atomic E-state index is 12.7. The van der Waals surface area contributed by atoms with Gasteiger partial charge in [-0.15, -0.1) is 0 Å². The molecule has 0 saturated carbocycles. The Hall–Kier alpha value is -1.37. The number of anilines is 1. The smallest absolute Gasteiger partial charge is 0.387 e. The van der Waals surface area contributed by atoms with E-state index in [2.05, 4.69) is 10.6 Å². The van der Waals surface area contributed by atoms with Gasteiger partial charge in [0.1, 0.15) is 0 Å². The first-order chi connectivity index (χ1) is 9.29. The van der Waals surface area contributed by atoms with Crippen LogP contribution in [0, 0.1) is 0 Å². The number of hydrogen-bond acceptors (Lipinski definition) is 3. The molecule has 0 bridgehead atoms. The molecule has 1 amide bonds. The third kappa shape index (κ3) is 4.33. The van der Waals surface area contributed by atoms with Crippen molar-refractivity contribution in [3.05, 3.63) is 29.3 Å². The number of hydrogen-bond donors (Lipinski definition) is 2. The Morgan fingerprint density at radius 3 is 2.55 bits per heavy atom. The summed E-state index contributed by atoms with van der Waals surface area (Å²) in [7, 11) is 1.56. The molecule has 1 aromatic carbocycles. The van der Waals surface area contributed by atoms with Gasteiger partial charge in [0.15, 0.2) is 0 Å². The summed E-state index contributed by atoms with van der Waals surface area (Å²) in [6, 6.07) is 2.97. The molecule has 0 saturated heterocycles. The summed E-state index contributed by atoms with van der Waals surface area (Å²) in [5.74, 6) is 0.182. The number of rotatable bonds is 5. The Kier molecular flexibility index (Phi) is 5.74. The predicted octanol–water partition coefficient (Wildman–Crippen LogP) is 3.23. The van der Waals surface area contributed by atoms with Crippen LogP contribution in [0.15, 0.2) is 18.2 Å². The molecule has 7 heteroatoms. The standard InChI is InChI=1S/C13H17F3N2OS/c1-8(7-20-3)18-12(19)10-6-9(13(14,15)16)4-5-11(10)17-2/h4-6,8,17H,7H2,1-3H3,(H,18,19). The third-order valence-corrected chi connectivity index (χ3v) is 3.49. The van der Waals surface area contributed by atoms with Gasteiger partial charge in [-0.05, 0) is 31.4 Å². The van der Waals surface area contributed by atoms with Crippen LogP contribution in [0.3, 0.4) is 0 Å². The van der Waals surface area contributed by atoms with Gasteiger partial charge in [-0.2, -0.15) is 24.9 Å². The number of thioether (sulfide) groups is 1. The van der Waals surface area contributed by atoms with Crippen molar-refractivity contribution in [1.82, 2.24) is 5.32 Å². The molecule has 2 N–H and O–H groups in total. The minimum absolute atomic E-state index is 0.00437. The lowest BCUT2D eigenvalue weighted by molar-refractivity contribution is -0.137. The highest BCUT2D eigenvalue weighted by molar-refractivity contribution is 7.98. The van der Waals surface area contributed by atoms with Gasteiger partial charge in [-0.25, -0.2) is 0 Å². The van der Waals surface area contributed by atoms with Gasteiger partial charge in [0, 0.05) is 24.5 Å². The molecule has 1 rings (SSSR count). The molecule has 0 spiro atoms. The summed E-state index contributed by atoms with van der Waals surface area (Å²) in [4.78, 5) is 12.1. The second-order valence-corrected chi connectivity index (χ2v) is 5.25. The van der Waals surface area contributed by atoms with Crippen molar-refractivity contribution in [2.75, 3.05) is 24.4 Å². The maximum atomic E-state index is 12.7. The highest BCUT2D eigenvalue weighted by Crippen LogP contribution is 2.31. The number of benzene rings is 1. The molecule has 0 heterocycles. The first-order valence-corrected chi connectivity index (χ1v) is 7.37. The lowest BCUT2D eigenvalue weighted by Crippen LogP contribution is -2.34. The lowest BCUT2D eigenvalue weighted by atomic mass is 10.1. The van der Waals surface area contributed by atoms with E-state index in [4.69, 9.17) is 0 Å². The fraction of sp³-hybridized carbons (Fsp3) is 0.462. The van der Waals surface area contributed by atoms with Gasteiger partial charge in [0.2, 0.25) is 0 Å². The van der Waals surface area contributed by atoms with Crippen LogP contribution < -0.4 is 10.6 Å². The first kappa shape index (κ1) is 16.7. The van der Waals surface area contributed by atoms with Gasteiger partial charge in [0.25, 0.3) is 5.91 Å². The van der Waals surface area contributed by atoms with Gasteiger partial charge >= 0.3 is 6.18 Å². The van der Waals surface area contributed by atoms with Crippen LogP contribution in [0.2, 0.25) is 0 Å². The topological polar surface area (TPSA) is 41.1 Å². The first-order valence-electron chi connectivity index (χ1n) is 5.98. The predicted molar refractivity (Wildman–Crippen MR) is 76.3 cm³/mol. The van der Waals surface area contributed by atoms with E-state index in [0.717, 1.165) is 12.1 Å². The normalized spacial score (nSPS) is 12.9. The Labute approximate surface area is 120 Å². The molecule has 0 aromatic heterocycles. The van der Waals surface area contributed by atoms with Crippen molar-refractivity contribution in [3.8, 4) is 0 Å². The van der Waals surface area contributed by atoms with Crippen LogP contribution in [0.4, 0.5) is 18.9 Å². The Bertz CT molecular complexity index is 477. The second kappa shape index (κ2) is 6.88. The lowest BCUT2D eigenvalue weighted by Gasteiger charge is -2.16. The quantitative estimate of drug-likeness (QED) is 0.877. The third-order valence-electron chi connectivity index (χ3n) is 2.66. The largest absolute Gasteiger partial charge is 0.416 e. The summed E-state index contributed by atoms with van der Waals surface area (Å²) < 4.78 is 38.1. The van der Waals surface area contributed by atoms with Crippen LogP contribution in [-0.4, -0.2) is 31.0 Å². The summed E-state index contributed by atoms with van der Waals surface area (Å²) in [5, 5.41) is 5.41. The Balaban J connectivity index is 3.05. The Morgan fingerprint density at radius 1 is 1.40 bits per heavy atom. The molecule has 1 atom stereocenters. The van der Waals surface area contributed by atoms with E-state index in [0.29, 0.717) is 11.4 Å². The molecule has 3 nitrogen and oxygen atoms in total. The van der Waals surface area contributed by atoms with E-state index in [9.17, 15) is 18.0 Å². The van der Waals surface area contributed by atoms with E-state index in [1.807, 2.05) is 6.26 Å². The number of nitrogens with one attached hydrogen (secondary N) is 2. The van der Waals surface area contributed by atoms with Crippen molar-refractivity contribution in [3.63, 3.8) is 0 Å². The number of halogens is 3. The average Bonchev–Trinajstić information content (AvgIpc) is 2.37. The zero-order valence-electron chi connectivity index (χ0n) is 11.5. The van der Waals surface area contributed by atoms with E-state index in [1.54, 1.807) is 25.7 Å². The van der Waals surface area contributed by atoms with Crippen molar-refractivity contribution >= 4 is 23.4 Å².